The van der Waals surface area contributed by atoms with Crippen LogP contribution in [0.2, 0.25) is 0 Å². The van der Waals surface area contributed by atoms with Gasteiger partial charge in [-0.25, -0.2) is 0 Å². The molecule has 2 atom stereocenters. The first-order valence-corrected chi connectivity index (χ1v) is 26.1. The van der Waals surface area contributed by atoms with E-state index in [0.29, 0.717) is 19.3 Å². The number of unbranched alkanes of at least 4 members (excludes halogenated alkanes) is 28. The van der Waals surface area contributed by atoms with E-state index >= 15 is 0 Å². The molecule has 350 valence electrons. The molecule has 0 fully saturated rings. The van der Waals surface area contributed by atoms with E-state index in [-0.39, 0.29) is 31.1 Å². The van der Waals surface area contributed by atoms with Crippen LogP contribution in [0.25, 0.3) is 0 Å². The zero-order valence-electron chi connectivity index (χ0n) is 40.5. The molecule has 0 aliphatic carbocycles. The standard InChI is InChI=1S/C53H102O6/c1-7-49(6)41-35-29-23-18-20-26-32-38-44-53(56)59-50(46-58-52(55)43-37-31-25-19-17-22-28-34-40-48(4)5)45-57-51(54)42-36-30-24-16-14-12-10-8-9-11-13-15-21-27-33-39-47(2)3/h47-50H,7-46H2,1-6H3/t49?,50-/m0/s1. The summed E-state index contributed by atoms with van der Waals surface area (Å²) >= 11 is 0. The highest BCUT2D eigenvalue weighted by molar-refractivity contribution is 5.71. The Balaban J connectivity index is 4.27. The Hall–Kier alpha value is -1.59. The molecular formula is C53H102O6. The van der Waals surface area contributed by atoms with Gasteiger partial charge in [-0.2, -0.15) is 0 Å². The van der Waals surface area contributed by atoms with Crippen molar-refractivity contribution in [1.29, 1.82) is 0 Å². The summed E-state index contributed by atoms with van der Waals surface area (Å²) in [6.07, 6.45) is 43.8. The van der Waals surface area contributed by atoms with Gasteiger partial charge in [-0.15, -0.1) is 0 Å². The summed E-state index contributed by atoms with van der Waals surface area (Å²) < 4.78 is 16.8. The lowest BCUT2D eigenvalue weighted by molar-refractivity contribution is -0.167. The van der Waals surface area contributed by atoms with Crippen LogP contribution < -0.4 is 0 Å². The summed E-state index contributed by atoms with van der Waals surface area (Å²) in [6.45, 7) is 13.7. The molecule has 0 saturated heterocycles. The van der Waals surface area contributed by atoms with Crippen LogP contribution in [0.3, 0.4) is 0 Å². The van der Waals surface area contributed by atoms with Crippen LogP contribution >= 0.6 is 0 Å². The minimum Gasteiger partial charge on any atom is -0.462 e. The maximum Gasteiger partial charge on any atom is 0.306 e. The van der Waals surface area contributed by atoms with E-state index in [1.165, 1.54) is 167 Å². The average molecular weight is 835 g/mol. The number of carbonyl (C=O) groups is 3. The van der Waals surface area contributed by atoms with E-state index in [2.05, 4.69) is 41.5 Å². The summed E-state index contributed by atoms with van der Waals surface area (Å²) in [7, 11) is 0. The van der Waals surface area contributed by atoms with Gasteiger partial charge in [0.1, 0.15) is 13.2 Å². The third-order valence-electron chi connectivity index (χ3n) is 12.3. The van der Waals surface area contributed by atoms with Gasteiger partial charge >= 0.3 is 17.9 Å². The van der Waals surface area contributed by atoms with Crippen LogP contribution in [0.5, 0.6) is 0 Å². The lowest BCUT2D eigenvalue weighted by Gasteiger charge is -2.18. The Morgan fingerprint density at radius 2 is 0.593 bits per heavy atom. The van der Waals surface area contributed by atoms with Gasteiger partial charge in [0, 0.05) is 19.3 Å². The van der Waals surface area contributed by atoms with Crippen LogP contribution in [0.1, 0.15) is 286 Å². The Labute approximate surface area is 368 Å². The largest absolute Gasteiger partial charge is 0.462 e. The smallest absolute Gasteiger partial charge is 0.306 e. The Kier molecular flexibility index (Phi) is 43.3. The highest BCUT2D eigenvalue weighted by Crippen LogP contribution is 2.18. The van der Waals surface area contributed by atoms with Crippen molar-refractivity contribution in [2.75, 3.05) is 13.2 Å². The van der Waals surface area contributed by atoms with Gasteiger partial charge in [-0.05, 0) is 37.0 Å². The lowest BCUT2D eigenvalue weighted by Crippen LogP contribution is -2.30. The number of ether oxygens (including phenoxy) is 3. The van der Waals surface area contributed by atoms with Gasteiger partial charge in [0.2, 0.25) is 0 Å². The second-order valence-electron chi connectivity index (χ2n) is 19.4. The third kappa shape index (κ3) is 45.8. The van der Waals surface area contributed by atoms with Crippen LogP contribution in [0, 0.1) is 17.8 Å². The number of esters is 3. The molecule has 0 aliphatic heterocycles. The molecule has 1 unspecified atom stereocenters. The van der Waals surface area contributed by atoms with Gasteiger partial charge in [-0.3, -0.25) is 14.4 Å². The molecule has 6 heteroatoms. The molecule has 0 spiro atoms. The molecule has 0 aliphatic rings. The van der Waals surface area contributed by atoms with Gasteiger partial charge in [0.05, 0.1) is 0 Å². The second kappa shape index (κ2) is 44.5. The first-order chi connectivity index (χ1) is 28.6. The predicted molar refractivity (Wildman–Crippen MR) is 252 cm³/mol. The van der Waals surface area contributed by atoms with Crippen LogP contribution in [-0.2, 0) is 28.6 Å². The zero-order valence-corrected chi connectivity index (χ0v) is 40.5. The first-order valence-electron chi connectivity index (χ1n) is 26.1. The molecule has 0 aromatic heterocycles. The number of rotatable bonds is 46. The molecule has 0 amide bonds. The fraction of sp³-hybridized carbons (Fsp3) is 0.943. The van der Waals surface area contributed by atoms with Crippen molar-refractivity contribution in [3.63, 3.8) is 0 Å². The van der Waals surface area contributed by atoms with Crippen molar-refractivity contribution in [2.24, 2.45) is 17.8 Å². The van der Waals surface area contributed by atoms with Crippen molar-refractivity contribution in [2.45, 2.75) is 292 Å². The minimum absolute atomic E-state index is 0.0651. The van der Waals surface area contributed by atoms with Gasteiger partial charge < -0.3 is 14.2 Å². The second-order valence-corrected chi connectivity index (χ2v) is 19.4. The molecule has 0 N–H and O–H groups in total. The fourth-order valence-corrected chi connectivity index (χ4v) is 7.91. The molecule has 0 heterocycles. The number of hydrogen-bond acceptors (Lipinski definition) is 6. The normalized spacial score (nSPS) is 12.6. The minimum atomic E-state index is -0.763. The van der Waals surface area contributed by atoms with Gasteiger partial charge in [0.25, 0.3) is 0 Å². The summed E-state index contributed by atoms with van der Waals surface area (Å²) in [6, 6.07) is 0. The molecule has 0 rings (SSSR count). The summed E-state index contributed by atoms with van der Waals surface area (Å²) in [4.78, 5) is 37.9. The summed E-state index contributed by atoms with van der Waals surface area (Å²) in [5, 5.41) is 0. The molecule has 0 saturated carbocycles. The number of carbonyl (C=O) groups excluding carboxylic acids is 3. The monoisotopic (exact) mass is 835 g/mol. The Morgan fingerprint density at radius 1 is 0.339 bits per heavy atom. The molecule has 0 radical (unpaired) electrons. The Bertz CT molecular complexity index is 916. The van der Waals surface area contributed by atoms with Crippen molar-refractivity contribution >= 4 is 17.9 Å². The van der Waals surface area contributed by atoms with E-state index < -0.39 is 6.10 Å². The maximum atomic E-state index is 12.8. The van der Waals surface area contributed by atoms with Crippen LogP contribution in [0.15, 0.2) is 0 Å². The average Bonchev–Trinajstić information content (AvgIpc) is 3.20. The van der Waals surface area contributed by atoms with Gasteiger partial charge in [-0.1, -0.05) is 247 Å². The highest BCUT2D eigenvalue weighted by Gasteiger charge is 2.19. The van der Waals surface area contributed by atoms with E-state index in [1.54, 1.807) is 0 Å². The Morgan fingerprint density at radius 3 is 0.881 bits per heavy atom. The van der Waals surface area contributed by atoms with Crippen LogP contribution in [0.4, 0.5) is 0 Å². The zero-order chi connectivity index (χ0) is 43.4. The van der Waals surface area contributed by atoms with E-state index in [1.807, 2.05) is 0 Å². The molecule has 0 aromatic carbocycles. The van der Waals surface area contributed by atoms with E-state index in [4.69, 9.17) is 14.2 Å². The fourth-order valence-electron chi connectivity index (χ4n) is 7.91. The molecule has 0 aromatic rings. The third-order valence-corrected chi connectivity index (χ3v) is 12.3. The topological polar surface area (TPSA) is 78.9 Å². The maximum absolute atomic E-state index is 12.8. The SMILES string of the molecule is CCC(C)CCCCCCCCCCC(=O)O[C@@H](COC(=O)CCCCCCCCCCCCCCCCCC(C)C)COC(=O)CCCCCCCCCCC(C)C. The van der Waals surface area contributed by atoms with Crippen molar-refractivity contribution < 1.29 is 28.6 Å². The lowest BCUT2D eigenvalue weighted by atomic mass is 9.99. The van der Waals surface area contributed by atoms with E-state index in [9.17, 15) is 14.4 Å². The van der Waals surface area contributed by atoms with Gasteiger partial charge in [0.15, 0.2) is 6.10 Å². The van der Waals surface area contributed by atoms with Crippen molar-refractivity contribution in [3.8, 4) is 0 Å². The molecule has 59 heavy (non-hydrogen) atoms. The predicted octanol–water partition coefficient (Wildman–Crippen LogP) is 16.8. The van der Waals surface area contributed by atoms with E-state index in [0.717, 1.165) is 75.5 Å². The van der Waals surface area contributed by atoms with Crippen molar-refractivity contribution in [1.82, 2.24) is 0 Å². The molecule has 6 nitrogen and oxygen atoms in total. The van der Waals surface area contributed by atoms with Crippen molar-refractivity contribution in [3.05, 3.63) is 0 Å². The molecular weight excluding hydrogens is 733 g/mol. The number of hydrogen-bond donors (Lipinski definition) is 0. The summed E-state index contributed by atoms with van der Waals surface area (Å²) in [5.41, 5.74) is 0. The summed E-state index contributed by atoms with van der Waals surface area (Å²) in [5.74, 6) is 1.64. The first kappa shape index (κ1) is 57.4. The quantitative estimate of drug-likeness (QED) is 0.0345. The highest BCUT2D eigenvalue weighted by atomic mass is 16.6. The van der Waals surface area contributed by atoms with Crippen LogP contribution in [-0.4, -0.2) is 37.2 Å². The molecule has 0 bridgehead atoms.